The standard InChI is InChI=1S/C16H18N2O4/c1-18-8-12-10(7-13(18)16(20)22-3)14-9(15(19)21-2)5-4-6-11(14)17-12/h4-6,13,17H,7-8H2,1-3H3. The molecule has 1 aliphatic heterocycles. The summed E-state index contributed by atoms with van der Waals surface area (Å²) in [5.41, 5.74) is 3.41. The SMILES string of the molecule is COC(=O)c1cccc2[nH]c3c(c12)CC(C(=O)OC)N(C)C3. The number of ether oxygens (including phenoxy) is 2. The zero-order chi connectivity index (χ0) is 15.9. The highest BCUT2D eigenvalue weighted by Gasteiger charge is 2.33. The van der Waals surface area contributed by atoms with Crippen molar-refractivity contribution in [3.05, 3.63) is 35.0 Å². The van der Waals surface area contributed by atoms with Gasteiger partial charge >= 0.3 is 11.9 Å². The van der Waals surface area contributed by atoms with E-state index in [0.717, 1.165) is 22.2 Å². The van der Waals surface area contributed by atoms with Crippen LogP contribution in [0.5, 0.6) is 0 Å². The predicted molar refractivity (Wildman–Crippen MR) is 80.6 cm³/mol. The number of nitrogens with zero attached hydrogens (tertiary/aromatic N) is 1. The number of H-pyrrole nitrogens is 1. The van der Waals surface area contributed by atoms with Crippen molar-refractivity contribution in [2.45, 2.75) is 19.0 Å². The fraction of sp³-hybridized carbons (Fsp3) is 0.375. The molecule has 2 aromatic rings. The molecule has 0 saturated heterocycles. The number of fused-ring (bicyclic) bond motifs is 3. The number of esters is 2. The first-order chi connectivity index (χ1) is 10.6. The minimum absolute atomic E-state index is 0.266. The third-order valence-corrected chi connectivity index (χ3v) is 4.23. The quantitative estimate of drug-likeness (QED) is 0.851. The van der Waals surface area contributed by atoms with Crippen LogP contribution < -0.4 is 0 Å². The molecular formula is C16H18N2O4. The van der Waals surface area contributed by atoms with Gasteiger partial charge in [0, 0.05) is 29.6 Å². The summed E-state index contributed by atoms with van der Waals surface area (Å²) in [4.78, 5) is 29.3. The van der Waals surface area contributed by atoms with Gasteiger partial charge < -0.3 is 14.5 Å². The maximum absolute atomic E-state index is 12.0. The normalized spacial score (nSPS) is 18.0. The molecule has 0 radical (unpaired) electrons. The first-order valence-corrected chi connectivity index (χ1v) is 7.05. The van der Waals surface area contributed by atoms with E-state index in [-0.39, 0.29) is 18.0 Å². The molecule has 1 aromatic heterocycles. The monoisotopic (exact) mass is 302 g/mol. The van der Waals surface area contributed by atoms with Crippen LogP contribution in [0.2, 0.25) is 0 Å². The van der Waals surface area contributed by atoms with Crippen molar-refractivity contribution >= 4 is 22.8 Å². The number of methoxy groups -OCH3 is 2. The second-order valence-electron chi connectivity index (χ2n) is 5.46. The van der Waals surface area contributed by atoms with Gasteiger partial charge in [-0.05, 0) is 24.7 Å². The molecule has 22 heavy (non-hydrogen) atoms. The average molecular weight is 302 g/mol. The molecule has 0 saturated carbocycles. The van der Waals surface area contributed by atoms with Crippen LogP contribution in [-0.4, -0.2) is 49.1 Å². The van der Waals surface area contributed by atoms with E-state index in [1.807, 2.05) is 24.1 Å². The lowest BCUT2D eigenvalue weighted by molar-refractivity contribution is -0.147. The number of rotatable bonds is 2. The van der Waals surface area contributed by atoms with Gasteiger partial charge in [0.05, 0.1) is 19.8 Å². The van der Waals surface area contributed by atoms with Gasteiger partial charge in [-0.25, -0.2) is 4.79 Å². The summed E-state index contributed by atoms with van der Waals surface area (Å²) in [6.07, 6.45) is 0.506. The zero-order valence-corrected chi connectivity index (χ0v) is 12.8. The fourth-order valence-corrected chi connectivity index (χ4v) is 3.12. The first-order valence-electron chi connectivity index (χ1n) is 7.05. The number of likely N-dealkylation sites (N-methyl/N-ethyl adjacent to an activating group) is 1. The Morgan fingerprint density at radius 1 is 1.27 bits per heavy atom. The molecule has 1 N–H and O–H groups in total. The molecule has 6 heteroatoms. The first kappa shape index (κ1) is 14.6. The molecule has 0 bridgehead atoms. The number of aromatic amines is 1. The minimum atomic E-state index is -0.374. The molecule has 2 heterocycles. The van der Waals surface area contributed by atoms with Crippen LogP contribution in [-0.2, 0) is 27.2 Å². The Labute approximate surface area is 128 Å². The highest BCUT2D eigenvalue weighted by Crippen LogP contribution is 2.32. The fourth-order valence-electron chi connectivity index (χ4n) is 3.12. The molecule has 6 nitrogen and oxygen atoms in total. The van der Waals surface area contributed by atoms with Crippen LogP contribution in [0.25, 0.3) is 10.9 Å². The lowest BCUT2D eigenvalue weighted by atomic mass is 9.95. The number of nitrogens with one attached hydrogen (secondary N) is 1. The topological polar surface area (TPSA) is 71.6 Å². The zero-order valence-electron chi connectivity index (χ0n) is 12.8. The molecular weight excluding hydrogens is 284 g/mol. The van der Waals surface area contributed by atoms with E-state index < -0.39 is 0 Å². The van der Waals surface area contributed by atoms with Crippen LogP contribution in [0.15, 0.2) is 18.2 Å². The molecule has 0 amide bonds. The van der Waals surface area contributed by atoms with Crippen LogP contribution in [0.1, 0.15) is 21.6 Å². The third-order valence-electron chi connectivity index (χ3n) is 4.23. The molecule has 116 valence electrons. The number of carbonyl (C=O) groups is 2. The maximum atomic E-state index is 12.0. The summed E-state index contributed by atoms with van der Waals surface area (Å²) in [6, 6.07) is 5.14. The van der Waals surface area contributed by atoms with Crippen LogP contribution in [0, 0.1) is 0 Å². The van der Waals surface area contributed by atoms with Crippen molar-refractivity contribution in [2.75, 3.05) is 21.3 Å². The average Bonchev–Trinajstić information content (AvgIpc) is 2.89. The summed E-state index contributed by atoms with van der Waals surface area (Å²) in [7, 11) is 4.64. The number of benzene rings is 1. The van der Waals surface area contributed by atoms with Crippen LogP contribution in [0.3, 0.4) is 0 Å². The second kappa shape index (κ2) is 5.46. The Kier molecular flexibility index (Phi) is 3.62. The highest BCUT2D eigenvalue weighted by molar-refractivity contribution is 6.05. The van der Waals surface area contributed by atoms with Gasteiger partial charge in [0.1, 0.15) is 6.04 Å². The van der Waals surface area contributed by atoms with Crippen molar-refractivity contribution in [3.8, 4) is 0 Å². The lowest BCUT2D eigenvalue weighted by Crippen LogP contribution is -2.43. The lowest BCUT2D eigenvalue weighted by Gasteiger charge is -2.30. The molecule has 0 spiro atoms. The van der Waals surface area contributed by atoms with Gasteiger partial charge in [0.25, 0.3) is 0 Å². The number of aromatic nitrogens is 1. The van der Waals surface area contributed by atoms with Crippen molar-refractivity contribution in [1.82, 2.24) is 9.88 Å². The minimum Gasteiger partial charge on any atom is -0.468 e. The van der Waals surface area contributed by atoms with E-state index in [2.05, 4.69) is 4.98 Å². The largest absolute Gasteiger partial charge is 0.468 e. The molecule has 1 aliphatic rings. The van der Waals surface area contributed by atoms with Gasteiger partial charge in [0.15, 0.2) is 0 Å². The molecule has 3 rings (SSSR count). The molecule has 1 unspecified atom stereocenters. The van der Waals surface area contributed by atoms with E-state index in [4.69, 9.17) is 9.47 Å². The Hall–Kier alpha value is -2.34. The highest BCUT2D eigenvalue weighted by atomic mass is 16.5. The molecule has 0 fully saturated rings. The summed E-state index contributed by atoms with van der Waals surface area (Å²) in [5.74, 6) is -0.640. The van der Waals surface area contributed by atoms with E-state index in [1.165, 1.54) is 14.2 Å². The van der Waals surface area contributed by atoms with E-state index in [0.29, 0.717) is 18.5 Å². The third kappa shape index (κ3) is 2.16. The van der Waals surface area contributed by atoms with Gasteiger partial charge in [-0.2, -0.15) is 0 Å². The van der Waals surface area contributed by atoms with E-state index in [9.17, 15) is 9.59 Å². The predicted octanol–water partition coefficient (Wildman–Crippen LogP) is 1.48. The number of carbonyl (C=O) groups excluding carboxylic acids is 2. The Morgan fingerprint density at radius 2 is 2.05 bits per heavy atom. The summed E-state index contributed by atoms with van der Waals surface area (Å²) in [5, 5.41) is 0.839. The van der Waals surface area contributed by atoms with Gasteiger partial charge in [0.2, 0.25) is 0 Å². The van der Waals surface area contributed by atoms with Crippen molar-refractivity contribution < 1.29 is 19.1 Å². The van der Waals surface area contributed by atoms with Crippen molar-refractivity contribution in [1.29, 1.82) is 0 Å². The molecule has 0 aliphatic carbocycles. The van der Waals surface area contributed by atoms with Crippen molar-refractivity contribution in [2.24, 2.45) is 0 Å². The molecule has 1 aromatic carbocycles. The summed E-state index contributed by atoms with van der Waals surface area (Å²) in [6.45, 7) is 0.602. The van der Waals surface area contributed by atoms with Gasteiger partial charge in [-0.15, -0.1) is 0 Å². The van der Waals surface area contributed by atoms with Gasteiger partial charge in [-0.1, -0.05) is 6.07 Å². The Balaban J connectivity index is 2.15. The van der Waals surface area contributed by atoms with Crippen LogP contribution in [0.4, 0.5) is 0 Å². The molecule has 1 atom stereocenters. The van der Waals surface area contributed by atoms with Crippen LogP contribution >= 0.6 is 0 Å². The Morgan fingerprint density at radius 3 is 2.73 bits per heavy atom. The summed E-state index contributed by atoms with van der Waals surface area (Å²) < 4.78 is 9.75. The summed E-state index contributed by atoms with van der Waals surface area (Å²) >= 11 is 0. The second-order valence-corrected chi connectivity index (χ2v) is 5.46. The maximum Gasteiger partial charge on any atom is 0.338 e. The Bertz CT molecular complexity index is 750. The van der Waals surface area contributed by atoms with E-state index >= 15 is 0 Å². The number of hydrogen-bond acceptors (Lipinski definition) is 5. The number of hydrogen-bond donors (Lipinski definition) is 1. The van der Waals surface area contributed by atoms with Gasteiger partial charge in [-0.3, -0.25) is 9.69 Å². The van der Waals surface area contributed by atoms with E-state index in [1.54, 1.807) is 6.07 Å². The smallest absolute Gasteiger partial charge is 0.338 e. The van der Waals surface area contributed by atoms with Crippen molar-refractivity contribution in [3.63, 3.8) is 0 Å².